The molecule has 1 amide bonds. The van der Waals surface area contributed by atoms with E-state index in [4.69, 9.17) is 4.74 Å². The molecule has 1 N–H and O–H groups in total. The van der Waals surface area contributed by atoms with E-state index in [1.165, 1.54) is 0 Å². The molecule has 21 heavy (non-hydrogen) atoms. The summed E-state index contributed by atoms with van der Waals surface area (Å²) in [5.74, 6) is 0.464. The molecule has 0 unspecified atom stereocenters. The molecule has 1 aromatic carbocycles. The number of ether oxygens (including phenoxy) is 1. The van der Waals surface area contributed by atoms with Gasteiger partial charge in [-0.25, -0.2) is 5.43 Å². The van der Waals surface area contributed by atoms with Crippen LogP contribution in [0.15, 0.2) is 53.8 Å². The SMILES string of the molecule is CC(C)Oc1ccc(C=NNC(=O)c2ccccn2)cc1. The average molecular weight is 283 g/mol. The third-order valence-corrected chi connectivity index (χ3v) is 2.53. The smallest absolute Gasteiger partial charge is 0.289 e. The van der Waals surface area contributed by atoms with Gasteiger partial charge >= 0.3 is 0 Å². The molecular weight excluding hydrogens is 266 g/mol. The van der Waals surface area contributed by atoms with Crippen molar-refractivity contribution in [2.24, 2.45) is 5.10 Å². The van der Waals surface area contributed by atoms with Gasteiger partial charge in [-0.05, 0) is 55.8 Å². The molecular formula is C16H17N3O2. The maximum Gasteiger partial charge on any atom is 0.289 e. The summed E-state index contributed by atoms with van der Waals surface area (Å²) in [6.45, 7) is 3.95. The van der Waals surface area contributed by atoms with Crippen LogP contribution >= 0.6 is 0 Å². The lowest BCUT2D eigenvalue weighted by molar-refractivity contribution is 0.0950. The Morgan fingerprint density at radius 1 is 1.24 bits per heavy atom. The summed E-state index contributed by atoms with van der Waals surface area (Å²) >= 11 is 0. The van der Waals surface area contributed by atoms with E-state index in [0.717, 1.165) is 11.3 Å². The Hall–Kier alpha value is -2.69. The monoisotopic (exact) mass is 283 g/mol. The lowest BCUT2D eigenvalue weighted by Crippen LogP contribution is -2.18. The first kappa shape index (κ1) is 14.7. The fourth-order valence-electron chi connectivity index (χ4n) is 1.62. The zero-order valence-corrected chi connectivity index (χ0v) is 12.0. The van der Waals surface area contributed by atoms with Crippen molar-refractivity contribution in [3.05, 3.63) is 59.9 Å². The fourth-order valence-corrected chi connectivity index (χ4v) is 1.62. The molecule has 0 saturated carbocycles. The van der Waals surface area contributed by atoms with Crippen molar-refractivity contribution in [2.45, 2.75) is 20.0 Å². The fraction of sp³-hybridized carbons (Fsp3) is 0.188. The number of carbonyl (C=O) groups excluding carboxylic acids is 1. The minimum absolute atomic E-state index is 0.141. The van der Waals surface area contributed by atoms with Gasteiger partial charge < -0.3 is 4.74 Å². The number of aromatic nitrogens is 1. The van der Waals surface area contributed by atoms with Crippen LogP contribution in [0.5, 0.6) is 5.75 Å². The number of rotatable bonds is 5. The zero-order chi connectivity index (χ0) is 15.1. The Bertz CT molecular complexity index is 607. The van der Waals surface area contributed by atoms with Gasteiger partial charge in [0.05, 0.1) is 12.3 Å². The molecule has 0 saturated heterocycles. The molecule has 5 nitrogen and oxygen atoms in total. The topological polar surface area (TPSA) is 63.6 Å². The molecule has 0 radical (unpaired) electrons. The predicted molar refractivity (Wildman–Crippen MR) is 81.5 cm³/mol. The predicted octanol–water partition coefficient (Wildman–Crippen LogP) is 2.63. The van der Waals surface area contributed by atoms with Crippen molar-refractivity contribution in [1.29, 1.82) is 0 Å². The van der Waals surface area contributed by atoms with Gasteiger partial charge in [-0.15, -0.1) is 0 Å². The summed E-state index contributed by atoms with van der Waals surface area (Å²) in [6.07, 6.45) is 3.27. The molecule has 5 heteroatoms. The van der Waals surface area contributed by atoms with Crippen LogP contribution in [0.25, 0.3) is 0 Å². The van der Waals surface area contributed by atoms with Gasteiger partial charge in [0.25, 0.3) is 5.91 Å². The number of hydrazone groups is 1. The summed E-state index contributed by atoms with van der Waals surface area (Å²) in [4.78, 5) is 15.6. The summed E-state index contributed by atoms with van der Waals surface area (Å²) in [5.41, 5.74) is 3.63. The van der Waals surface area contributed by atoms with Crippen LogP contribution in [0.2, 0.25) is 0 Å². The maximum atomic E-state index is 11.7. The van der Waals surface area contributed by atoms with E-state index in [1.54, 1.807) is 30.6 Å². The third-order valence-electron chi connectivity index (χ3n) is 2.53. The number of nitrogens with one attached hydrogen (secondary N) is 1. The number of nitrogens with zero attached hydrogens (tertiary/aromatic N) is 2. The van der Waals surface area contributed by atoms with Crippen molar-refractivity contribution in [2.75, 3.05) is 0 Å². The Balaban J connectivity index is 1.91. The zero-order valence-electron chi connectivity index (χ0n) is 12.0. The Morgan fingerprint density at radius 3 is 2.62 bits per heavy atom. The standard InChI is InChI=1S/C16H17N3O2/c1-12(2)21-14-8-6-13(7-9-14)11-18-19-16(20)15-5-3-4-10-17-15/h3-12H,1-2H3,(H,19,20). The number of hydrogen-bond donors (Lipinski definition) is 1. The molecule has 0 bridgehead atoms. The largest absolute Gasteiger partial charge is 0.491 e. The molecule has 2 rings (SSSR count). The summed E-state index contributed by atoms with van der Waals surface area (Å²) < 4.78 is 5.55. The van der Waals surface area contributed by atoms with Crippen LogP contribution < -0.4 is 10.2 Å². The molecule has 108 valence electrons. The highest BCUT2D eigenvalue weighted by atomic mass is 16.5. The second kappa shape index (κ2) is 7.19. The number of benzene rings is 1. The first-order chi connectivity index (χ1) is 10.1. The van der Waals surface area contributed by atoms with Crippen molar-refractivity contribution >= 4 is 12.1 Å². The number of pyridine rings is 1. The quantitative estimate of drug-likeness (QED) is 0.677. The molecule has 2 aromatic rings. The first-order valence-electron chi connectivity index (χ1n) is 6.66. The van der Waals surface area contributed by atoms with Gasteiger partial charge in [-0.2, -0.15) is 5.10 Å². The molecule has 0 aliphatic heterocycles. The Morgan fingerprint density at radius 2 is 2.00 bits per heavy atom. The molecule has 0 aliphatic rings. The second-order valence-corrected chi connectivity index (χ2v) is 4.65. The maximum absolute atomic E-state index is 11.7. The number of hydrogen-bond acceptors (Lipinski definition) is 4. The Kier molecular flexibility index (Phi) is 5.04. The molecule has 1 aromatic heterocycles. The highest BCUT2D eigenvalue weighted by molar-refractivity contribution is 5.93. The van der Waals surface area contributed by atoms with E-state index in [1.807, 2.05) is 38.1 Å². The molecule has 0 spiro atoms. The van der Waals surface area contributed by atoms with Crippen LogP contribution in [0.1, 0.15) is 29.9 Å². The number of amides is 1. The first-order valence-corrected chi connectivity index (χ1v) is 6.66. The van der Waals surface area contributed by atoms with Crippen molar-refractivity contribution < 1.29 is 9.53 Å². The van der Waals surface area contributed by atoms with Crippen molar-refractivity contribution in [3.8, 4) is 5.75 Å². The van der Waals surface area contributed by atoms with E-state index in [0.29, 0.717) is 5.69 Å². The highest BCUT2D eigenvalue weighted by Gasteiger charge is 2.03. The molecule has 0 aliphatic carbocycles. The van der Waals surface area contributed by atoms with Gasteiger partial charge in [-0.3, -0.25) is 9.78 Å². The lowest BCUT2D eigenvalue weighted by atomic mass is 10.2. The normalized spacial score (nSPS) is 10.8. The van der Waals surface area contributed by atoms with Crippen molar-refractivity contribution in [1.82, 2.24) is 10.4 Å². The van der Waals surface area contributed by atoms with Gasteiger partial charge in [0.2, 0.25) is 0 Å². The van der Waals surface area contributed by atoms with E-state index in [2.05, 4.69) is 15.5 Å². The van der Waals surface area contributed by atoms with Crippen LogP contribution in [-0.4, -0.2) is 23.2 Å². The van der Waals surface area contributed by atoms with Gasteiger partial charge in [-0.1, -0.05) is 6.07 Å². The van der Waals surface area contributed by atoms with Gasteiger partial charge in [0.1, 0.15) is 11.4 Å². The van der Waals surface area contributed by atoms with Crippen LogP contribution in [-0.2, 0) is 0 Å². The average Bonchev–Trinajstić information content (AvgIpc) is 2.49. The minimum atomic E-state index is -0.341. The van der Waals surface area contributed by atoms with Gasteiger partial charge in [0.15, 0.2) is 0 Å². The van der Waals surface area contributed by atoms with E-state index in [9.17, 15) is 4.79 Å². The van der Waals surface area contributed by atoms with Crippen LogP contribution in [0, 0.1) is 0 Å². The third kappa shape index (κ3) is 4.72. The summed E-state index contributed by atoms with van der Waals surface area (Å²) in [5, 5.41) is 3.90. The molecule has 0 atom stereocenters. The van der Waals surface area contributed by atoms with E-state index < -0.39 is 0 Å². The summed E-state index contributed by atoms with van der Waals surface area (Å²) in [6, 6.07) is 12.6. The van der Waals surface area contributed by atoms with Crippen LogP contribution in [0.4, 0.5) is 0 Å². The summed E-state index contributed by atoms with van der Waals surface area (Å²) in [7, 11) is 0. The highest BCUT2D eigenvalue weighted by Crippen LogP contribution is 2.12. The van der Waals surface area contributed by atoms with Gasteiger partial charge in [0, 0.05) is 6.20 Å². The minimum Gasteiger partial charge on any atom is -0.491 e. The van der Waals surface area contributed by atoms with Crippen LogP contribution in [0.3, 0.4) is 0 Å². The van der Waals surface area contributed by atoms with E-state index >= 15 is 0 Å². The molecule has 1 heterocycles. The Labute approximate surface area is 123 Å². The molecule has 0 fully saturated rings. The lowest BCUT2D eigenvalue weighted by Gasteiger charge is -2.09. The number of carbonyl (C=O) groups is 1. The van der Waals surface area contributed by atoms with E-state index in [-0.39, 0.29) is 12.0 Å². The second-order valence-electron chi connectivity index (χ2n) is 4.65. The van der Waals surface area contributed by atoms with Crippen molar-refractivity contribution in [3.63, 3.8) is 0 Å².